The van der Waals surface area contributed by atoms with E-state index in [0.717, 1.165) is 11.1 Å². The average molecular weight is 403 g/mol. The quantitative estimate of drug-likeness (QED) is 0.408. The van der Waals surface area contributed by atoms with Crippen LogP contribution in [0.3, 0.4) is 0 Å². The van der Waals surface area contributed by atoms with Crippen molar-refractivity contribution < 1.29 is 23.4 Å². The Balaban J connectivity index is 1.79. The molecule has 2 atom stereocenters. The van der Waals surface area contributed by atoms with E-state index < -0.39 is 18.2 Å². The lowest BCUT2D eigenvalue weighted by molar-refractivity contribution is -0.149. The number of halogens is 1. The Morgan fingerprint density at radius 2 is 1.59 bits per heavy atom. The first kappa shape index (κ1) is 23.0. The SMILES string of the molecule is CCOC(=O)COCCOC(C)C(F)CNC(c1ccccc1)c1ccccc1. The summed E-state index contributed by atoms with van der Waals surface area (Å²) >= 11 is 0. The third-order valence-electron chi connectivity index (χ3n) is 4.43. The minimum Gasteiger partial charge on any atom is -0.464 e. The van der Waals surface area contributed by atoms with Gasteiger partial charge >= 0.3 is 5.97 Å². The molecule has 2 rings (SSSR count). The van der Waals surface area contributed by atoms with Crippen LogP contribution in [0.2, 0.25) is 0 Å². The third kappa shape index (κ3) is 8.31. The molecule has 0 aliphatic rings. The highest BCUT2D eigenvalue weighted by Gasteiger charge is 2.20. The summed E-state index contributed by atoms with van der Waals surface area (Å²) in [4.78, 5) is 11.2. The monoisotopic (exact) mass is 403 g/mol. The highest BCUT2D eigenvalue weighted by atomic mass is 19.1. The van der Waals surface area contributed by atoms with Crippen molar-refractivity contribution in [2.24, 2.45) is 0 Å². The van der Waals surface area contributed by atoms with Crippen molar-refractivity contribution in [1.29, 1.82) is 0 Å². The predicted octanol–water partition coefficient (Wildman–Crippen LogP) is 3.69. The molecule has 0 aliphatic carbocycles. The van der Waals surface area contributed by atoms with Crippen LogP contribution in [0.15, 0.2) is 60.7 Å². The van der Waals surface area contributed by atoms with Crippen LogP contribution < -0.4 is 5.32 Å². The number of hydrogen-bond donors (Lipinski definition) is 1. The number of rotatable bonds is 13. The van der Waals surface area contributed by atoms with Crippen molar-refractivity contribution >= 4 is 5.97 Å². The fourth-order valence-corrected chi connectivity index (χ4v) is 2.87. The highest BCUT2D eigenvalue weighted by Crippen LogP contribution is 2.22. The summed E-state index contributed by atoms with van der Waals surface area (Å²) in [5.41, 5.74) is 2.15. The minimum atomic E-state index is -1.19. The molecule has 0 amide bonds. The van der Waals surface area contributed by atoms with Gasteiger partial charge in [0.1, 0.15) is 12.8 Å². The molecule has 0 spiro atoms. The van der Waals surface area contributed by atoms with Crippen LogP contribution >= 0.6 is 0 Å². The third-order valence-corrected chi connectivity index (χ3v) is 4.43. The van der Waals surface area contributed by atoms with Gasteiger partial charge in [0.05, 0.1) is 32.0 Å². The molecule has 0 fully saturated rings. The molecule has 29 heavy (non-hydrogen) atoms. The molecule has 2 unspecified atom stereocenters. The van der Waals surface area contributed by atoms with Crippen molar-refractivity contribution in [3.05, 3.63) is 71.8 Å². The normalized spacial score (nSPS) is 13.2. The molecule has 0 saturated heterocycles. The summed E-state index contributed by atoms with van der Waals surface area (Å²) in [6, 6.07) is 19.8. The van der Waals surface area contributed by atoms with Crippen molar-refractivity contribution in [3.63, 3.8) is 0 Å². The Morgan fingerprint density at radius 1 is 1.00 bits per heavy atom. The molecule has 158 valence electrons. The fraction of sp³-hybridized carbons (Fsp3) is 0.435. The van der Waals surface area contributed by atoms with Gasteiger partial charge in [-0.05, 0) is 25.0 Å². The molecule has 0 radical (unpaired) electrons. The number of alkyl halides is 1. The molecule has 0 heterocycles. The Morgan fingerprint density at radius 3 is 2.14 bits per heavy atom. The summed E-state index contributed by atoms with van der Waals surface area (Å²) in [5, 5.41) is 3.32. The average Bonchev–Trinajstić information content (AvgIpc) is 2.75. The van der Waals surface area contributed by atoms with E-state index in [2.05, 4.69) is 5.32 Å². The summed E-state index contributed by atoms with van der Waals surface area (Å²) in [7, 11) is 0. The zero-order valence-corrected chi connectivity index (χ0v) is 17.1. The van der Waals surface area contributed by atoms with Gasteiger partial charge in [-0.1, -0.05) is 60.7 Å². The van der Waals surface area contributed by atoms with Gasteiger partial charge in [-0.25, -0.2) is 9.18 Å². The number of hydrogen-bond acceptors (Lipinski definition) is 5. The smallest absolute Gasteiger partial charge is 0.332 e. The van der Waals surface area contributed by atoms with Crippen LogP contribution in [-0.4, -0.2) is 51.2 Å². The first-order valence-corrected chi connectivity index (χ1v) is 9.94. The van der Waals surface area contributed by atoms with Gasteiger partial charge in [0, 0.05) is 6.54 Å². The van der Waals surface area contributed by atoms with Gasteiger partial charge in [0.25, 0.3) is 0 Å². The molecule has 0 aromatic heterocycles. The molecular weight excluding hydrogens is 373 g/mol. The van der Waals surface area contributed by atoms with Gasteiger partial charge < -0.3 is 19.5 Å². The number of carbonyl (C=O) groups excluding carboxylic acids is 1. The molecule has 0 saturated carbocycles. The van der Waals surface area contributed by atoms with Gasteiger partial charge in [0.15, 0.2) is 0 Å². The number of esters is 1. The summed E-state index contributed by atoms with van der Waals surface area (Å²) in [6.07, 6.45) is -1.78. The second-order valence-corrected chi connectivity index (χ2v) is 6.61. The van der Waals surface area contributed by atoms with Crippen LogP contribution in [0.5, 0.6) is 0 Å². The van der Waals surface area contributed by atoms with Crippen molar-refractivity contribution in [2.45, 2.75) is 32.2 Å². The first-order chi connectivity index (χ1) is 14.1. The number of carbonyl (C=O) groups is 1. The minimum absolute atomic E-state index is 0.101. The molecule has 0 aliphatic heterocycles. The standard InChI is InChI=1S/C23H30FNO4/c1-3-28-22(26)17-27-14-15-29-18(2)21(24)16-25-23(19-10-6-4-7-11-19)20-12-8-5-9-13-20/h4-13,18,21,23,25H,3,14-17H2,1-2H3. The zero-order valence-electron chi connectivity index (χ0n) is 17.1. The maximum atomic E-state index is 14.6. The molecule has 6 heteroatoms. The van der Waals surface area contributed by atoms with Crippen LogP contribution in [0.4, 0.5) is 4.39 Å². The topological polar surface area (TPSA) is 56.8 Å². The van der Waals surface area contributed by atoms with E-state index in [1.54, 1.807) is 13.8 Å². The molecule has 2 aromatic rings. The van der Waals surface area contributed by atoms with Crippen LogP contribution in [0.1, 0.15) is 31.0 Å². The second kappa shape index (κ2) is 13.0. The Hall–Kier alpha value is -2.28. The van der Waals surface area contributed by atoms with Gasteiger partial charge in [0.2, 0.25) is 0 Å². The van der Waals surface area contributed by atoms with E-state index in [4.69, 9.17) is 14.2 Å². The highest BCUT2D eigenvalue weighted by molar-refractivity contribution is 5.70. The lowest BCUT2D eigenvalue weighted by Crippen LogP contribution is -2.36. The Kier molecular flexibility index (Phi) is 10.3. The first-order valence-electron chi connectivity index (χ1n) is 9.94. The van der Waals surface area contributed by atoms with Gasteiger partial charge in [-0.3, -0.25) is 0 Å². The lowest BCUT2D eigenvalue weighted by Gasteiger charge is -2.23. The second-order valence-electron chi connectivity index (χ2n) is 6.61. The molecular formula is C23H30FNO4. The van der Waals surface area contributed by atoms with Crippen molar-refractivity contribution in [1.82, 2.24) is 5.32 Å². The number of benzene rings is 2. The summed E-state index contributed by atoms with van der Waals surface area (Å²) < 4.78 is 30.0. The molecule has 5 nitrogen and oxygen atoms in total. The largest absolute Gasteiger partial charge is 0.464 e. The predicted molar refractivity (Wildman–Crippen MR) is 110 cm³/mol. The van der Waals surface area contributed by atoms with Crippen LogP contribution in [-0.2, 0) is 19.0 Å². The maximum Gasteiger partial charge on any atom is 0.332 e. The van der Waals surface area contributed by atoms with E-state index in [-0.39, 0.29) is 32.4 Å². The van der Waals surface area contributed by atoms with Crippen molar-refractivity contribution in [2.75, 3.05) is 33.0 Å². The number of nitrogens with one attached hydrogen (secondary N) is 1. The van der Waals surface area contributed by atoms with Crippen LogP contribution in [0.25, 0.3) is 0 Å². The summed E-state index contributed by atoms with van der Waals surface area (Å²) in [6.45, 7) is 4.19. The molecule has 1 N–H and O–H groups in total. The maximum absolute atomic E-state index is 14.6. The van der Waals surface area contributed by atoms with E-state index in [1.165, 1.54) is 0 Å². The van der Waals surface area contributed by atoms with E-state index >= 15 is 0 Å². The Labute approximate surface area is 172 Å². The fourth-order valence-electron chi connectivity index (χ4n) is 2.87. The van der Waals surface area contributed by atoms with E-state index in [1.807, 2.05) is 60.7 Å². The van der Waals surface area contributed by atoms with Gasteiger partial charge in [-0.15, -0.1) is 0 Å². The molecule has 0 bridgehead atoms. The van der Waals surface area contributed by atoms with E-state index in [0.29, 0.717) is 6.61 Å². The van der Waals surface area contributed by atoms with Crippen molar-refractivity contribution in [3.8, 4) is 0 Å². The van der Waals surface area contributed by atoms with Crippen LogP contribution in [0, 0.1) is 0 Å². The zero-order chi connectivity index (χ0) is 20.9. The van der Waals surface area contributed by atoms with Gasteiger partial charge in [-0.2, -0.15) is 0 Å². The number of ether oxygens (including phenoxy) is 3. The Bertz CT molecular complexity index is 659. The molecule has 2 aromatic carbocycles. The van der Waals surface area contributed by atoms with E-state index in [9.17, 15) is 9.18 Å². The summed E-state index contributed by atoms with van der Waals surface area (Å²) in [5.74, 6) is -0.416. The lowest BCUT2D eigenvalue weighted by atomic mass is 9.98.